The zero-order valence-corrected chi connectivity index (χ0v) is 12.7. The highest BCUT2D eigenvalue weighted by atomic mass is 32.2. The Hall–Kier alpha value is -1.29. The number of carbonyl (C=O) groups excluding carboxylic acids is 2. The van der Waals surface area contributed by atoms with E-state index in [-0.39, 0.29) is 11.0 Å². The number of nitrogens with zero attached hydrogens (tertiary/aromatic N) is 1. The largest absolute Gasteiger partial charge is 0.339 e. The smallest absolute Gasteiger partial charge is 0.255 e. The summed E-state index contributed by atoms with van der Waals surface area (Å²) in [5, 5.41) is 0.0983. The lowest BCUT2D eigenvalue weighted by atomic mass is 10.2. The van der Waals surface area contributed by atoms with Crippen LogP contribution in [0.2, 0.25) is 0 Å². The third-order valence-corrected chi connectivity index (χ3v) is 4.62. The summed E-state index contributed by atoms with van der Waals surface area (Å²) in [6.07, 6.45) is 5.05. The molecule has 0 spiro atoms. The lowest BCUT2D eigenvalue weighted by Crippen LogP contribution is -2.32. The van der Waals surface area contributed by atoms with E-state index >= 15 is 0 Å². The van der Waals surface area contributed by atoms with Gasteiger partial charge in [0.2, 0.25) is 0 Å². The number of likely N-dealkylation sites (tertiary alicyclic amines) is 1. The van der Waals surface area contributed by atoms with Crippen LogP contribution < -0.4 is 0 Å². The zero-order chi connectivity index (χ0) is 14.4. The summed E-state index contributed by atoms with van der Waals surface area (Å²) in [7, 11) is 0. The second-order valence-electron chi connectivity index (χ2n) is 5.03. The molecule has 1 fully saturated rings. The van der Waals surface area contributed by atoms with Gasteiger partial charge in [-0.25, -0.2) is 0 Å². The molecule has 1 saturated heterocycles. The predicted octanol–water partition coefficient (Wildman–Crippen LogP) is 3.73. The van der Waals surface area contributed by atoms with Crippen LogP contribution in [0.1, 0.15) is 49.4 Å². The Kier molecular flexibility index (Phi) is 5.65. The molecular formula is C16H21NO2S. The summed E-state index contributed by atoms with van der Waals surface area (Å²) in [4.78, 5) is 27.0. The number of hydrogen-bond donors (Lipinski definition) is 0. The van der Waals surface area contributed by atoms with E-state index in [0.717, 1.165) is 30.8 Å². The number of thioether (sulfide) groups is 1. The monoisotopic (exact) mass is 291 g/mol. The first-order valence-corrected chi connectivity index (χ1v) is 8.13. The van der Waals surface area contributed by atoms with Gasteiger partial charge in [-0.1, -0.05) is 43.7 Å². The van der Waals surface area contributed by atoms with Gasteiger partial charge in [-0.15, -0.1) is 0 Å². The molecule has 0 N–H and O–H groups in total. The first-order valence-electron chi connectivity index (χ1n) is 7.31. The Morgan fingerprint density at radius 1 is 1.10 bits per heavy atom. The minimum absolute atomic E-state index is 0.0684. The average molecular weight is 291 g/mol. The molecule has 20 heavy (non-hydrogen) atoms. The molecule has 0 bridgehead atoms. The standard InChI is InChI=1S/C16H21NO2S/c1-2-15(18)20-14-10-6-5-9-13(14)16(19)17-11-7-3-4-8-12-17/h5-6,9-10H,2-4,7-8,11-12H2,1H3. The molecule has 1 aromatic rings. The molecule has 0 aromatic heterocycles. The van der Waals surface area contributed by atoms with Crippen molar-refractivity contribution in [2.45, 2.75) is 43.9 Å². The van der Waals surface area contributed by atoms with Crippen LogP contribution in [-0.4, -0.2) is 29.0 Å². The molecule has 1 amide bonds. The van der Waals surface area contributed by atoms with Crippen LogP contribution in [0, 0.1) is 0 Å². The van der Waals surface area contributed by atoms with Gasteiger partial charge < -0.3 is 4.90 Å². The van der Waals surface area contributed by atoms with Gasteiger partial charge in [-0.05, 0) is 25.0 Å². The summed E-state index contributed by atoms with van der Waals surface area (Å²) >= 11 is 1.18. The minimum atomic E-state index is 0.0684. The van der Waals surface area contributed by atoms with Crippen molar-refractivity contribution in [1.82, 2.24) is 4.90 Å². The predicted molar refractivity (Wildman–Crippen MR) is 82.0 cm³/mol. The maximum Gasteiger partial charge on any atom is 0.255 e. The molecule has 0 saturated carbocycles. The van der Waals surface area contributed by atoms with Crippen molar-refractivity contribution in [3.05, 3.63) is 29.8 Å². The van der Waals surface area contributed by atoms with Crippen molar-refractivity contribution in [2.24, 2.45) is 0 Å². The van der Waals surface area contributed by atoms with Gasteiger partial charge >= 0.3 is 0 Å². The molecule has 2 rings (SSSR count). The first kappa shape index (κ1) is 15.1. The molecule has 1 aliphatic rings. The fourth-order valence-electron chi connectivity index (χ4n) is 2.37. The van der Waals surface area contributed by atoms with E-state index in [0.29, 0.717) is 12.0 Å². The SMILES string of the molecule is CCC(=O)Sc1ccccc1C(=O)N1CCCCCC1. The Labute approximate surface area is 124 Å². The average Bonchev–Trinajstić information content (AvgIpc) is 2.76. The lowest BCUT2D eigenvalue weighted by Gasteiger charge is -2.21. The van der Waals surface area contributed by atoms with Crippen LogP contribution in [0.15, 0.2) is 29.2 Å². The van der Waals surface area contributed by atoms with Gasteiger partial charge in [0.1, 0.15) is 0 Å². The molecular weight excluding hydrogens is 270 g/mol. The number of carbonyl (C=O) groups is 2. The number of benzene rings is 1. The van der Waals surface area contributed by atoms with Crippen LogP contribution >= 0.6 is 11.8 Å². The maximum atomic E-state index is 12.6. The maximum absolute atomic E-state index is 12.6. The quantitative estimate of drug-likeness (QED) is 0.796. The topological polar surface area (TPSA) is 37.4 Å². The molecule has 4 heteroatoms. The van der Waals surface area contributed by atoms with Gasteiger partial charge in [-0.3, -0.25) is 9.59 Å². The summed E-state index contributed by atoms with van der Waals surface area (Å²) in [6, 6.07) is 7.44. The number of hydrogen-bond acceptors (Lipinski definition) is 3. The number of amides is 1. The highest BCUT2D eigenvalue weighted by molar-refractivity contribution is 8.13. The third kappa shape index (κ3) is 3.85. The van der Waals surface area contributed by atoms with Gasteiger partial charge in [0.25, 0.3) is 5.91 Å². The van der Waals surface area contributed by atoms with E-state index in [4.69, 9.17) is 0 Å². The van der Waals surface area contributed by atoms with E-state index in [1.165, 1.54) is 24.6 Å². The minimum Gasteiger partial charge on any atom is -0.339 e. The highest BCUT2D eigenvalue weighted by Crippen LogP contribution is 2.26. The van der Waals surface area contributed by atoms with Crippen molar-refractivity contribution in [3.8, 4) is 0 Å². The molecule has 0 radical (unpaired) electrons. The van der Waals surface area contributed by atoms with Gasteiger partial charge in [0.15, 0.2) is 5.12 Å². The molecule has 0 unspecified atom stereocenters. The molecule has 0 aliphatic carbocycles. The Morgan fingerprint density at radius 2 is 1.75 bits per heavy atom. The van der Waals surface area contributed by atoms with Crippen LogP contribution in [0.4, 0.5) is 0 Å². The van der Waals surface area contributed by atoms with Crippen LogP contribution in [0.5, 0.6) is 0 Å². The van der Waals surface area contributed by atoms with Gasteiger partial charge in [0, 0.05) is 24.4 Å². The van der Waals surface area contributed by atoms with Crippen LogP contribution in [0.25, 0.3) is 0 Å². The molecule has 0 atom stereocenters. The molecule has 1 aromatic carbocycles. The van der Waals surface area contributed by atoms with Crippen molar-refractivity contribution in [2.75, 3.05) is 13.1 Å². The Balaban J connectivity index is 2.18. The molecule has 1 aliphatic heterocycles. The Bertz CT molecular complexity index is 479. The summed E-state index contributed by atoms with van der Waals surface area (Å²) in [5.74, 6) is 0.0684. The molecule has 3 nitrogen and oxygen atoms in total. The summed E-state index contributed by atoms with van der Waals surface area (Å²) in [6.45, 7) is 3.51. The lowest BCUT2D eigenvalue weighted by molar-refractivity contribution is -0.110. The van der Waals surface area contributed by atoms with E-state index in [2.05, 4.69) is 0 Å². The van der Waals surface area contributed by atoms with Crippen LogP contribution in [-0.2, 0) is 4.79 Å². The normalized spacial score (nSPS) is 15.8. The van der Waals surface area contributed by atoms with Crippen molar-refractivity contribution in [1.29, 1.82) is 0 Å². The Morgan fingerprint density at radius 3 is 2.40 bits per heavy atom. The van der Waals surface area contributed by atoms with Gasteiger partial charge in [-0.2, -0.15) is 0 Å². The summed E-state index contributed by atoms with van der Waals surface area (Å²) in [5.41, 5.74) is 0.668. The van der Waals surface area contributed by atoms with E-state index in [1.54, 1.807) is 0 Å². The van der Waals surface area contributed by atoms with E-state index < -0.39 is 0 Å². The second-order valence-corrected chi connectivity index (χ2v) is 6.13. The fourth-order valence-corrected chi connectivity index (χ4v) is 3.17. The molecule has 1 heterocycles. The summed E-state index contributed by atoms with van der Waals surface area (Å²) < 4.78 is 0. The highest BCUT2D eigenvalue weighted by Gasteiger charge is 2.20. The van der Waals surface area contributed by atoms with Crippen molar-refractivity contribution in [3.63, 3.8) is 0 Å². The molecule has 108 valence electrons. The zero-order valence-electron chi connectivity index (χ0n) is 11.9. The van der Waals surface area contributed by atoms with Crippen molar-refractivity contribution >= 4 is 22.8 Å². The van der Waals surface area contributed by atoms with E-state index in [1.807, 2.05) is 36.1 Å². The van der Waals surface area contributed by atoms with Gasteiger partial charge in [0.05, 0.1) is 5.56 Å². The number of rotatable bonds is 3. The second kappa shape index (κ2) is 7.48. The van der Waals surface area contributed by atoms with Crippen LogP contribution in [0.3, 0.4) is 0 Å². The third-order valence-electron chi connectivity index (χ3n) is 3.52. The van der Waals surface area contributed by atoms with E-state index in [9.17, 15) is 9.59 Å². The van der Waals surface area contributed by atoms with Crippen molar-refractivity contribution < 1.29 is 9.59 Å². The first-order chi connectivity index (χ1) is 9.72. The fraction of sp³-hybridized carbons (Fsp3) is 0.500.